The molecule has 1 aromatic carbocycles. The minimum Gasteiger partial charge on any atom is -0.496 e. The maximum absolute atomic E-state index is 12.3. The van der Waals surface area contributed by atoms with Crippen LogP contribution in [0.1, 0.15) is 37.7 Å². The van der Waals surface area contributed by atoms with Gasteiger partial charge in [0.15, 0.2) is 0 Å². The summed E-state index contributed by atoms with van der Waals surface area (Å²) in [5.41, 5.74) is 6.78. The molecular formula is C17H27ClN2O2. The largest absolute Gasteiger partial charge is 0.496 e. The number of halogens is 1. The van der Waals surface area contributed by atoms with Crippen molar-refractivity contribution >= 4 is 18.3 Å². The second-order valence-corrected chi connectivity index (χ2v) is 5.80. The Kier molecular flexibility index (Phi) is 8.28. The molecule has 22 heavy (non-hydrogen) atoms. The molecule has 0 spiro atoms. The molecule has 4 nitrogen and oxygen atoms in total. The SMILES string of the molecule is COc1ccccc1CC(=O)NC(CN)C1CCCCC1.Cl. The summed E-state index contributed by atoms with van der Waals surface area (Å²) in [6, 6.07) is 7.74. The smallest absolute Gasteiger partial charge is 0.224 e. The minimum atomic E-state index is 0. The van der Waals surface area contributed by atoms with E-state index >= 15 is 0 Å². The predicted octanol–water partition coefficient (Wildman–Crippen LogP) is 2.68. The van der Waals surface area contributed by atoms with Crippen molar-refractivity contribution in [3.63, 3.8) is 0 Å². The van der Waals surface area contributed by atoms with Gasteiger partial charge in [-0.05, 0) is 24.8 Å². The van der Waals surface area contributed by atoms with Crippen LogP contribution in [0.3, 0.4) is 0 Å². The van der Waals surface area contributed by atoms with E-state index in [-0.39, 0.29) is 24.4 Å². The number of hydrogen-bond donors (Lipinski definition) is 2. The number of para-hydroxylation sites is 1. The van der Waals surface area contributed by atoms with Crippen LogP contribution in [-0.4, -0.2) is 25.6 Å². The van der Waals surface area contributed by atoms with Crippen LogP contribution in [0, 0.1) is 5.92 Å². The van der Waals surface area contributed by atoms with Crippen molar-refractivity contribution in [2.75, 3.05) is 13.7 Å². The Morgan fingerprint density at radius 3 is 2.64 bits per heavy atom. The van der Waals surface area contributed by atoms with E-state index < -0.39 is 0 Å². The van der Waals surface area contributed by atoms with Gasteiger partial charge in [0, 0.05) is 18.2 Å². The predicted molar refractivity (Wildman–Crippen MR) is 91.5 cm³/mol. The molecular weight excluding hydrogens is 300 g/mol. The van der Waals surface area contributed by atoms with Crippen molar-refractivity contribution in [1.82, 2.24) is 5.32 Å². The van der Waals surface area contributed by atoms with E-state index in [9.17, 15) is 4.79 Å². The third kappa shape index (κ3) is 5.18. The number of amides is 1. The van der Waals surface area contributed by atoms with Gasteiger partial charge >= 0.3 is 0 Å². The molecule has 5 heteroatoms. The highest BCUT2D eigenvalue weighted by molar-refractivity contribution is 5.85. The van der Waals surface area contributed by atoms with Gasteiger partial charge in [-0.1, -0.05) is 37.5 Å². The normalized spacial score (nSPS) is 16.5. The van der Waals surface area contributed by atoms with Crippen LogP contribution in [0.2, 0.25) is 0 Å². The second kappa shape index (κ2) is 9.70. The summed E-state index contributed by atoms with van der Waals surface area (Å²) in [6.07, 6.45) is 6.51. The molecule has 0 aromatic heterocycles. The van der Waals surface area contributed by atoms with Crippen LogP contribution in [0.5, 0.6) is 5.75 Å². The molecule has 1 atom stereocenters. The van der Waals surface area contributed by atoms with E-state index in [1.165, 1.54) is 32.1 Å². The first-order valence-electron chi connectivity index (χ1n) is 7.86. The van der Waals surface area contributed by atoms with Crippen molar-refractivity contribution in [2.45, 2.75) is 44.6 Å². The molecule has 1 aliphatic rings. The second-order valence-electron chi connectivity index (χ2n) is 5.80. The van der Waals surface area contributed by atoms with Gasteiger partial charge in [0.2, 0.25) is 5.91 Å². The topological polar surface area (TPSA) is 64.3 Å². The van der Waals surface area contributed by atoms with Gasteiger partial charge < -0.3 is 15.8 Å². The van der Waals surface area contributed by atoms with Crippen LogP contribution in [0.25, 0.3) is 0 Å². The van der Waals surface area contributed by atoms with Gasteiger partial charge in [-0.3, -0.25) is 4.79 Å². The summed E-state index contributed by atoms with van der Waals surface area (Å²) in [4.78, 5) is 12.3. The third-order valence-corrected chi connectivity index (χ3v) is 4.36. The Morgan fingerprint density at radius 1 is 1.32 bits per heavy atom. The number of rotatable bonds is 6. The number of ether oxygens (including phenoxy) is 1. The number of benzene rings is 1. The molecule has 0 saturated heterocycles. The third-order valence-electron chi connectivity index (χ3n) is 4.36. The maximum Gasteiger partial charge on any atom is 0.224 e. The fraction of sp³-hybridized carbons (Fsp3) is 0.588. The zero-order valence-electron chi connectivity index (χ0n) is 13.2. The number of hydrogen-bond acceptors (Lipinski definition) is 3. The maximum atomic E-state index is 12.3. The summed E-state index contributed by atoms with van der Waals surface area (Å²) in [6.45, 7) is 0.516. The number of carbonyl (C=O) groups is 1. The fourth-order valence-electron chi connectivity index (χ4n) is 3.19. The lowest BCUT2D eigenvalue weighted by atomic mass is 9.84. The van der Waals surface area contributed by atoms with Gasteiger partial charge in [-0.15, -0.1) is 12.4 Å². The molecule has 0 aliphatic heterocycles. The fourth-order valence-corrected chi connectivity index (χ4v) is 3.19. The Hall–Kier alpha value is -1.26. The average Bonchev–Trinajstić information content (AvgIpc) is 2.54. The summed E-state index contributed by atoms with van der Waals surface area (Å²) in [5.74, 6) is 1.32. The lowest BCUT2D eigenvalue weighted by Gasteiger charge is -2.30. The van der Waals surface area contributed by atoms with Crippen molar-refractivity contribution < 1.29 is 9.53 Å². The Bertz CT molecular complexity index is 462. The first-order chi connectivity index (χ1) is 10.2. The standard InChI is InChI=1S/C17H26N2O2.ClH/c1-21-16-10-6-5-9-14(16)11-17(20)19-15(12-18)13-7-3-2-4-8-13;/h5-6,9-10,13,15H,2-4,7-8,11-12,18H2,1H3,(H,19,20);1H. The molecule has 2 rings (SSSR count). The molecule has 0 radical (unpaired) electrons. The van der Waals surface area contributed by atoms with Gasteiger partial charge in [0.25, 0.3) is 0 Å². The van der Waals surface area contributed by atoms with Gasteiger partial charge in [-0.25, -0.2) is 0 Å². The van der Waals surface area contributed by atoms with Crippen LogP contribution < -0.4 is 15.8 Å². The van der Waals surface area contributed by atoms with Crippen molar-refractivity contribution in [2.24, 2.45) is 11.7 Å². The van der Waals surface area contributed by atoms with E-state index in [0.717, 1.165) is 11.3 Å². The molecule has 1 fully saturated rings. The Labute approximate surface area is 139 Å². The summed E-state index contributed by atoms with van der Waals surface area (Å²) >= 11 is 0. The first kappa shape index (κ1) is 18.8. The van der Waals surface area contributed by atoms with E-state index in [4.69, 9.17) is 10.5 Å². The molecule has 3 N–H and O–H groups in total. The van der Waals surface area contributed by atoms with E-state index in [1.54, 1.807) is 7.11 Å². The molecule has 1 saturated carbocycles. The number of carbonyl (C=O) groups excluding carboxylic acids is 1. The molecule has 124 valence electrons. The zero-order valence-corrected chi connectivity index (χ0v) is 14.0. The van der Waals surface area contributed by atoms with Gasteiger partial charge in [0.05, 0.1) is 13.5 Å². The zero-order chi connectivity index (χ0) is 15.1. The highest BCUT2D eigenvalue weighted by atomic mass is 35.5. The quantitative estimate of drug-likeness (QED) is 0.844. The summed E-state index contributed by atoms with van der Waals surface area (Å²) in [5, 5.41) is 3.12. The molecule has 1 unspecified atom stereocenters. The molecule has 1 amide bonds. The summed E-state index contributed by atoms with van der Waals surface area (Å²) in [7, 11) is 1.63. The average molecular weight is 327 g/mol. The van der Waals surface area contributed by atoms with E-state index in [2.05, 4.69) is 5.32 Å². The molecule has 1 aromatic rings. The van der Waals surface area contributed by atoms with E-state index in [0.29, 0.717) is 18.9 Å². The number of nitrogens with two attached hydrogens (primary N) is 1. The lowest BCUT2D eigenvalue weighted by Crippen LogP contribution is -2.46. The highest BCUT2D eigenvalue weighted by Gasteiger charge is 2.24. The summed E-state index contributed by atoms with van der Waals surface area (Å²) < 4.78 is 5.29. The monoisotopic (exact) mass is 326 g/mol. The lowest BCUT2D eigenvalue weighted by molar-refractivity contribution is -0.121. The van der Waals surface area contributed by atoms with Crippen LogP contribution in [-0.2, 0) is 11.2 Å². The molecule has 0 bridgehead atoms. The number of methoxy groups -OCH3 is 1. The molecule has 0 heterocycles. The Balaban J connectivity index is 0.00000242. The van der Waals surface area contributed by atoms with E-state index in [1.807, 2.05) is 24.3 Å². The van der Waals surface area contributed by atoms with Gasteiger partial charge in [-0.2, -0.15) is 0 Å². The Morgan fingerprint density at radius 2 is 2.00 bits per heavy atom. The van der Waals surface area contributed by atoms with Crippen LogP contribution in [0.15, 0.2) is 24.3 Å². The van der Waals surface area contributed by atoms with Crippen molar-refractivity contribution in [3.05, 3.63) is 29.8 Å². The van der Waals surface area contributed by atoms with Crippen LogP contribution in [0.4, 0.5) is 0 Å². The van der Waals surface area contributed by atoms with Crippen LogP contribution >= 0.6 is 12.4 Å². The van der Waals surface area contributed by atoms with Crippen molar-refractivity contribution in [1.29, 1.82) is 0 Å². The van der Waals surface area contributed by atoms with Crippen molar-refractivity contribution in [3.8, 4) is 5.75 Å². The minimum absolute atomic E-state index is 0. The number of nitrogens with one attached hydrogen (secondary N) is 1. The highest BCUT2D eigenvalue weighted by Crippen LogP contribution is 2.26. The molecule has 1 aliphatic carbocycles. The van der Waals surface area contributed by atoms with Gasteiger partial charge in [0.1, 0.15) is 5.75 Å². The first-order valence-corrected chi connectivity index (χ1v) is 7.86.